The average molecular weight is 235 g/mol. The Balaban J connectivity index is 1.94. The van der Waals surface area contributed by atoms with Gasteiger partial charge >= 0.3 is 0 Å². The number of benzene rings is 1. The molecule has 0 atom stereocenters. The summed E-state index contributed by atoms with van der Waals surface area (Å²) in [6.07, 6.45) is 6.28. The number of hydrogen-bond donors (Lipinski definition) is 1. The lowest BCUT2D eigenvalue weighted by atomic mass is 10.2. The van der Waals surface area contributed by atoms with Crippen LogP contribution in [0.15, 0.2) is 30.4 Å². The van der Waals surface area contributed by atoms with Crippen LogP contribution >= 0.6 is 0 Å². The number of rotatable bonds is 6. The molecule has 0 aromatic heterocycles. The van der Waals surface area contributed by atoms with E-state index >= 15 is 0 Å². The Morgan fingerprint density at radius 3 is 2.94 bits per heavy atom. The van der Waals surface area contributed by atoms with Crippen LogP contribution in [0.25, 0.3) is 0 Å². The number of nitrogens with one attached hydrogen (secondary N) is 1. The van der Waals surface area contributed by atoms with E-state index in [1.165, 1.54) is 18.9 Å². The zero-order chi connectivity index (χ0) is 12.1. The van der Waals surface area contributed by atoms with Crippen molar-refractivity contribution in [3.63, 3.8) is 0 Å². The lowest BCUT2D eigenvalue weighted by molar-refractivity contribution is 0.359. The molecular formula is C14H18FNO. The standard InChI is InChI=1S/C14H18FNO/c1-2-3-6-17-14-8-11(7-12(15)9-14)10-16-13-4-5-13/h2-3,7-9,13,16H,4-6,10H2,1H3/b3-2+. The van der Waals surface area contributed by atoms with Crippen molar-refractivity contribution in [1.82, 2.24) is 5.32 Å². The molecule has 1 saturated carbocycles. The van der Waals surface area contributed by atoms with Crippen molar-refractivity contribution in [3.8, 4) is 5.75 Å². The summed E-state index contributed by atoms with van der Waals surface area (Å²) >= 11 is 0. The third-order valence-electron chi connectivity index (χ3n) is 2.69. The molecule has 1 aromatic carbocycles. The highest BCUT2D eigenvalue weighted by Crippen LogP contribution is 2.21. The highest BCUT2D eigenvalue weighted by molar-refractivity contribution is 5.29. The van der Waals surface area contributed by atoms with Crippen molar-refractivity contribution >= 4 is 0 Å². The van der Waals surface area contributed by atoms with Crippen molar-refractivity contribution in [3.05, 3.63) is 41.7 Å². The maximum Gasteiger partial charge on any atom is 0.127 e. The molecule has 1 aliphatic carbocycles. The van der Waals surface area contributed by atoms with Gasteiger partial charge in [-0.25, -0.2) is 4.39 Å². The Bertz CT molecular complexity index is 399. The van der Waals surface area contributed by atoms with E-state index in [0.717, 1.165) is 5.56 Å². The summed E-state index contributed by atoms with van der Waals surface area (Å²) in [4.78, 5) is 0. The van der Waals surface area contributed by atoms with E-state index in [9.17, 15) is 4.39 Å². The Labute approximate surface area is 101 Å². The highest BCUT2D eigenvalue weighted by Gasteiger charge is 2.20. The van der Waals surface area contributed by atoms with E-state index in [2.05, 4.69) is 5.32 Å². The van der Waals surface area contributed by atoms with Crippen LogP contribution in [-0.2, 0) is 6.54 Å². The van der Waals surface area contributed by atoms with Gasteiger partial charge in [-0.2, -0.15) is 0 Å². The second-order valence-electron chi connectivity index (χ2n) is 4.33. The topological polar surface area (TPSA) is 21.3 Å². The maximum atomic E-state index is 13.4. The molecule has 0 bridgehead atoms. The van der Waals surface area contributed by atoms with Crippen LogP contribution in [-0.4, -0.2) is 12.6 Å². The van der Waals surface area contributed by atoms with Crippen LogP contribution in [0, 0.1) is 5.82 Å². The summed E-state index contributed by atoms with van der Waals surface area (Å²) in [5, 5.41) is 3.36. The van der Waals surface area contributed by atoms with Gasteiger partial charge in [0, 0.05) is 18.7 Å². The molecule has 0 heterocycles. The van der Waals surface area contributed by atoms with Crippen LogP contribution in [0.5, 0.6) is 5.75 Å². The fraction of sp³-hybridized carbons (Fsp3) is 0.429. The van der Waals surface area contributed by atoms with Gasteiger partial charge in [-0.05, 0) is 37.5 Å². The largest absolute Gasteiger partial charge is 0.489 e. The quantitative estimate of drug-likeness (QED) is 0.765. The molecule has 3 heteroatoms. The van der Waals surface area contributed by atoms with Crippen molar-refractivity contribution in [2.24, 2.45) is 0 Å². The third-order valence-corrected chi connectivity index (χ3v) is 2.69. The molecule has 0 amide bonds. The summed E-state index contributed by atoms with van der Waals surface area (Å²) in [7, 11) is 0. The molecule has 0 radical (unpaired) electrons. The van der Waals surface area contributed by atoms with Gasteiger partial charge in [-0.3, -0.25) is 0 Å². The van der Waals surface area contributed by atoms with E-state index in [4.69, 9.17) is 4.74 Å². The Morgan fingerprint density at radius 1 is 1.41 bits per heavy atom. The van der Waals surface area contributed by atoms with Crippen LogP contribution in [0.4, 0.5) is 4.39 Å². The minimum atomic E-state index is -0.240. The summed E-state index contributed by atoms with van der Waals surface area (Å²) in [5.41, 5.74) is 0.937. The van der Waals surface area contributed by atoms with E-state index in [0.29, 0.717) is 24.9 Å². The van der Waals surface area contributed by atoms with Gasteiger partial charge in [0.25, 0.3) is 0 Å². The maximum absolute atomic E-state index is 13.4. The Hall–Kier alpha value is -1.35. The monoisotopic (exact) mass is 235 g/mol. The normalized spacial score (nSPS) is 15.4. The first kappa shape index (κ1) is 12.1. The zero-order valence-electron chi connectivity index (χ0n) is 10.1. The molecule has 0 spiro atoms. The molecular weight excluding hydrogens is 217 g/mol. The molecule has 2 rings (SSSR count). The predicted molar refractivity (Wildman–Crippen MR) is 66.6 cm³/mol. The molecule has 17 heavy (non-hydrogen) atoms. The van der Waals surface area contributed by atoms with E-state index in [1.54, 1.807) is 6.07 Å². The molecule has 2 nitrogen and oxygen atoms in total. The highest BCUT2D eigenvalue weighted by atomic mass is 19.1. The van der Waals surface area contributed by atoms with Crippen molar-refractivity contribution < 1.29 is 9.13 Å². The molecule has 1 N–H and O–H groups in total. The van der Waals surface area contributed by atoms with E-state index in [1.807, 2.05) is 25.1 Å². The van der Waals surface area contributed by atoms with Gasteiger partial charge in [0.1, 0.15) is 18.2 Å². The second-order valence-corrected chi connectivity index (χ2v) is 4.33. The van der Waals surface area contributed by atoms with Gasteiger partial charge in [0.2, 0.25) is 0 Å². The van der Waals surface area contributed by atoms with Gasteiger partial charge in [-0.15, -0.1) is 0 Å². The van der Waals surface area contributed by atoms with Crippen LogP contribution in [0.2, 0.25) is 0 Å². The number of allylic oxidation sites excluding steroid dienone is 1. The van der Waals surface area contributed by atoms with Crippen LogP contribution < -0.4 is 10.1 Å². The van der Waals surface area contributed by atoms with Gasteiger partial charge in [0.15, 0.2) is 0 Å². The molecule has 1 aromatic rings. The van der Waals surface area contributed by atoms with E-state index in [-0.39, 0.29) is 5.82 Å². The van der Waals surface area contributed by atoms with Gasteiger partial charge in [0.05, 0.1) is 0 Å². The minimum absolute atomic E-state index is 0.240. The first-order valence-electron chi connectivity index (χ1n) is 6.05. The lowest BCUT2D eigenvalue weighted by Gasteiger charge is -2.08. The van der Waals surface area contributed by atoms with Gasteiger partial charge in [-0.1, -0.05) is 12.2 Å². The molecule has 1 aliphatic rings. The smallest absolute Gasteiger partial charge is 0.127 e. The van der Waals surface area contributed by atoms with Crippen molar-refractivity contribution in [2.75, 3.05) is 6.61 Å². The van der Waals surface area contributed by atoms with E-state index < -0.39 is 0 Å². The molecule has 92 valence electrons. The number of hydrogen-bond acceptors (Lipinski definition) is 2. The first-order valence-corrected chi connectivity index (χ1v) is 6.05. The molecule has 0 saturated heterocycles. The molecule has 0 aliphatic heterocycles. The fourth-order valence-electron chi connectivity index (χ4n) is 1.60. The predicted octanol–water partition coefficient (Wildman–Crippen LogP) is 3.03. The molecule has 0 unspecified atom stereocenters. The van der Waals surface area contributed by atoms with Crippen molar-refractivity contribution in [2.45, 2.75) is 32.4 Å². The molecule has 1 fully saturated rings. The van der Waals surface area contributed by atoms with Crippen molar-refractivity contribution in [1.29, 1.82) is 0 Å². The Kier molecular flexibility index (Phi) is 4.15. The fourth-order valence-corrected chi connectivity index (χ4v) is 1.60. The number of ether oxygens (including phenoxy) is 1. The summed E-state index contributed by atoms with van der Waals surface area (Å²) in [5.74, 6) is 0.353. The lowest BCUT2D eigenvalue weighted by Crippen LogP contribution is -2.15. The van der Waals surface area contributed by atoms with Crippen LogP contribution in [0.1, 0.15) is 25.3 Å². The Morgan fingerprint density at radius 2 is 2.24 bits per heavy atom. The van der Waals surface area contributed by atoms with Crippen LogP contribution in [0.3, 0.4) is 0 Å². The first-order chi connectivity index (χ1) is 8.28. The third kappa shape index (κ3) is 4.19. The average Bonchev–Trinajstić information content (AvgIpc) is 3.10. The summed E-state index contributed by atoms with van der Waals surface area (Å²) < 4.78 is 18.8. The summed E-state index contributed by atoms with van der Waals surface area (Å²) in [6.45, 7) is 3.12. The summed E-state index contributed by atoms with van der Waals surface area (Å²) in [6, 6.07) is 5.50. The zero-order valence-corrected chi connectivity index (χ0v) is 10.1. The SMILES string of the molecule is C/C=C/COc1cc(F)cc(CNC2CC2)c1. The second kappa shape index (κ2) is 5.82. The number of halogens is 1. The van der Waals surface area contributed by atoms with Gasteiger partial charge < -0.3 is 10.1 Å². The minimum Gasteiger partial charge on any atom is -0.489 e.